The number of benzene rings is 3. The molecule has 188 valence electrons. The number of carboxylic acid groups (broad SMARTS) is 1. The first kappa shape index (κ1) is 25.2. The second kappa shape index (κ2) is 10.8. The number of ether oxygens (including phenoxy) is 3. The van der Waals surface area contributed by atoms with Crippen LogP contribution in [-0.2, 0) is 17.8 Å². The van der Waals surface area contributed by atoms with Crippen molar-refractivity contribution in [3.8, 4) is 17.2 Å². The molecule has 0 aromatic heterocycles. The van der Waals surface area contributed by atoms with Crippen molar-refractivity contribution in [3.63, 3.8) is 0 Å². The molecule has 11 heteroatoms. The maximum Gasteiger partial charge on any atom is 0.307 e. The average molecular weight is 520 g/mol. The van der Waals surface area contributed by atoms with Gasteiger partial charge in [0.25, 0.3) is 5.91 Å². The number of aliphatic carboxylic acids is 1. The van der Waals surface area contributed by atoms with Gasteiger partial charge in [-0.1, -0.05) is 23.7 Å². The molecule has 0 saturated carbocycles. The highest BCUT2D eigenvalue weighted by Gasteiger charge is 2.24. The number of hydrogen-bond donors (Lipinski definition) is 3. The van der Waals surface area contributed by atoms with Crippen LogP contribution in [0.15, 0.2) is 48.5 Å². The van der Waals surface area contributed by atoms with Crippen LogP contribution in [0.25, 0.3) is 0 Å². The van der Waals surface area contributed by atoms with Crippen LogP contribution < -0.4 is 19.5 Å². The average Bonchev–Trinajstić information content (AvgIpc) is 2.86. The van der Waals surface area contributed by atoms with E-state index in [1.165, 1.54) is 24.3 Å². The lowest BCUT2D eigenvalue weighted by Gasteiger charge is -2.27. The Morgan fingerprint density at radius 2 is 1.86 bits per heavy atom. The highest BCUT2D eigenvalue weighted by atomic mass is 35.5. The van der Waals surface area contributed by atoms with Crippen LogP contribution in [0.2, 0.25) is 5.02 Å². The van der Waals surface area contributed by atoms with E-state index < -0.39 is 34.6 Å². The zero-order valence-electron chi connectivity index (χ0n) is 18.6. The van der Waals surface area contributed by atoms with Gasteiger partial charge in [0.1, 0.15) is 19.0 Å². The van der Waals surface area contributed by atoms with Crippen molar-refractivity contribution < 1.29 is 42.8 Å². The molecule has 3 aromatic rings. The van der Waals surface area contributed by atoms with Gasteiger partial charge >= 0.3 is 5.97 Å². The summed E-state index contributed by atoms with van der Waals surface area (Å²) in [4.78, 5) is 23.5. The summed E-state index contributed by atoms with van der Waals surface area (Å²) >= 11 is 6.05. The lowest BCUT2D eigenvalue weighted by molar-refractivity contribution is -0.136. The normalized spacial score (nSPS) is 14.3. The number of amides is 1. The van der Waals surface area contributed by atoms with Gasteiger partial charge in [-0.25, -0.2) is 8.78 Å². The summed E-state index contributed by atoms with van der Waals surface area (Å²) in [5, 5.41) is 19.8. The molecule has 0 radical (unpaired) electrons. The highest BCUT2D eigenvalue weighted by molar-refractivity contribution is 6.34. The molecule has 0 saturated heterocycles. The Bertz CT molecular complexity index is 1320. The Hall–Kier alpha value is -3.89. The summed E-state index contributed by atoms with van der Waals surface area (Å²) < 4.78 is 45.8. The lowest BCUT2D eigenvalue weighted by Crippen LogP contribution is -2.34. The molecule has 0 aliphatic carbocycles. The van der Waals surface area contributed by atoms with E-state index >= 15 is 0 Å². The van der Waals surface area contributed by atoms with Crippen molar-refractivity contribution in [2.24, 2.45) is 0 Å². The van der Waals surface area contributed by atoms with Gasteiger partial charge in [-0.05, 0) is 47.5 Å². The number of aliphatic hydroxyl groups is 1. The quantitative estimate of drug-likeness (QED) is 0.408. The van der Waals surface area contributed by atoms with Crippen LogP contribution in [0.1, 0.15) is 21.5 Å². The number of halogens is 3. The van der Waals surface area contributed by atoms with Crippen LogP contribution in [-0.4, -0.2) is 41.4 Å². The smallest absolute Gasteiger partial charge is 0.307 e. The zero-order valence-corrected chi connectivity index (χ0v) is 19.4. The van der Waals surface area contributed by atoms with Crippen LogP contribution in [0.4, 0.5) is 14.5 Å². The van der Waals surface area contributed by atoms with E-state index in [4.69, 9.17) is 30.9 Å². The van der Waals surface area contributed by atoms with Crippen LogP contribution in [0.5, 0.6) is 17.2 Å². The number of aliphatic hydroxyl groups excluding tert-OH is 1. The fourth-order valence-corrected chi connectivity index (χ4v) is 3.73. The topological polar surface area (TPSA) is 114 Å². The van der Waals surface area contributed by atoms with Gasteiger partial charge in [0.15, 0.2) is 29.2 Å². The maximum absolute atomic E-state index is 14.9. The van der Waals surface area contributed by atoms with Crippen LogP contribution >= 0.6 is 11.6 Å². The molecule has 1 aliphatic heterocycles. The molecule has 0 bridgehead atoms. The summed E-state index contributed by atoms with van der Waals surface area (Å²) in [7, 11) is 0. The van der Waals surface area contributed by atoms with Gasteiger partial charge < -0.3 is 29.7 Å². The number of anilines is 1. The van der Waals surface area contributed by atoms with Gasteiger partial charge in [-0.15, -0.1) is 0 Å². The minimum Gasteiger partial charge on any atom is -0.486 e. The summed E-state index contributed by atoms with van der Waals surface area (Å²) in [5.41, 5.74) is 0.404. The number of carbonyl (C=O) groups excluding carboxylic acids is 1. The van der Waals surface area contributed by atoms with Crippen molar-refractivity contribution in [3.05, 3.63) is 81.9 Å². The van der Waals surface area contributed by atoms with E-state index in [1.807, 2.05) is 0 Å². The Labute approximate surface area is 209 Å². The monoisotopic (exact) mass is 519 g/mol. The molecule has 0 unspecified atom stereocenters. The second-order valence-corrected chi connectivity index (χ2v) is 8.26. The number of hydrogen-bond acceptors (Lipinski definition) is 6. The van der Waals surface area contributed by atoms with Crippen molar-refractivity contribution >= 4 is 29.2 Å². The standard InChI is InChI=1S/C25H20ClF2NO7/c26-23-16(25(33)29-18-7-13(9-22(31)32)1-4-17(18)27)3-6-20(24(23)28)34-11-15-12-35-21-8-14(10-30)2-5-19(21)36-15/h1-8,15,30H,9-12H2,(H,29,33)(H,31,32)/t15-/m0/s1. The highest BCUT2D eigenvalue weighted by Crippen LogP contribution is 2.34. The Balaban J connectivity index is 1.42. The third-order valence-electron chi connectivity index (χ3n) is 5.26. The number of rotatable bonds is 8. The van der Waals surface area contributed by atoms with Gasteiger partial charge in [0.05, 0.1) is 29.3 Å². The maximum atomic E-state index is 14.9. The SMILES string of the molecule is O=C(O)Cc1ccc(F)c(NC(=O)c2ccc(OC[C@H]3COc4cc(CO)ccc4O3)c(F)c2Cl)c1. The summed E-state index contributed by atoms with van der Waals surface area (Å²) in [6, 6.07) is 10.9. The number of nitrogens with one attached hydrogen (secondary N) is 1. The minimum atomic E-state index is -1.12. The summed E-state index contributed by atoms with van der Waals surface area (Å²) in [6.45, 7) is -0.0882. The molecule has 1 amide bonds. The largest absolute Gasteiger partial charge is 0.486 e. The first-order chi connectivity index (χ1) is 17.2. The number of carboxylic acids is 1. The molecule has 0 spiro atoms. The molecular formula is C25H20ClF2NO7. The van der Waals surface area contributed by atoms with E-state index in [-0.39, 0.29) is 48.8 Å². The fraction of sp³-hybridized carbons (Fsp3) is 0.200. The molecule has 0 fully saturated rings. The third kappa shape index (κ3) is 5.67. The van der Waals surface area contributed by atoms with Gasteiger partial charge in [0.2, 0.25) is 0 Å². The van der Waals surface area contributed by atoms with Gasteiger partial charge in [-0.3, -0.25) is 9.59 Å². The predicted molar refractivity (Wildman–Crippen MR) is 125 cm³/mol. The van der Waals surface area contributed by atoms with Crippen LogP contribution in [0, 0.1) is 11.6 Å². The molecule has 3 N–H and O–H groups in total. The molecule has 8 nitrogen and oxygen atoms in total. The minimum absolute atomic E-state index is 0.0818. The molecule has 4 rings (SSSR count). The molecule has 1 atom stereocenters. The lowest BCUT2D eigenvalue weighted by atomic mass is 10.1. The molecule has 36 heavy (non-hydrogen) atoms. The van der Waals surface area contributed by atoms with E-state index in [2.05, 4.69) is 5.32 Å². The summed E-state index contributed by atoms with van der Waals surface area (Å²) in [6.07, 6.45) is -0.921. The van der Waals surface area contributed by atoms with Crippen molar-refractivity contribution in [1.82, 2.24) is 0 Å². The number of carbonyl (C=O) groups is 2. The predicted octanol–water partition coefficient (Wildman–Crippen LogP) is 4.21. The van der Waals surface area contributed by atoms with Gasteiger partial charge in [0, 0.05) is 0 Å². The number of fused-ring (bicyclic) bond motifs is 1. The van der Waals surface area contributed by atoms with E-state index in [0.717, 1.165) is 6.07 Å². The molecular weight excluding hydrogens is 500 g/mol. The first-order valence-corrected chi connectivity index (χ1v) is 11.1. The molecule has 1 aliphatic rings. The third-order valence-corrected chi connectivity index (χ3v) is 5.63. The zero-order chi connectivity index (χ0) is 25.8. The van der Waals surface area contributed by atoms with Gasteiger partial charge in [-0.2, -0.15) is 0 Å². The van der Waals surface area contributed by atoms with Crippen LogP contribution in [0.3, 0.4) is 0 Å². The van der Waals surface area contributed by atoms with E-state index in [9.17, 15) is 23.5 Å². The first-order valence-electron chi connectivity index (χ1n) is 10.7. The summed E-state index contributed by atoms with van der Waals surface area (Å²) in [5.74, 6) is -3.09. The van der Waals surface area contributed by atoms with Crippen molar-refractivity contribution in [2.75, 3.05) is 18.5 Å². The Kier molecular flexibility index (Phi) is 7.56. The molecule has 3 aromatic carbocycles. The Morgan fingerprint density at radius 3 is 2.61 bits per heavy atom. The van der Waals surface area contributed by atoms with E-state index in [0.29, 0.717) is 17.1 Å². The van der Waals surface area contributed by atoms with Crippen molar-refractivity contribution in [1.29, 1.82) is 0 Å². The van der Waals surface area contributed by atoms with E-state index in [1.54, 1.807) is 18.2 Å². The second-order valence-electron chi connectivity index (χ2n) is 7.88. The fourth-order valence-electron chi connectivity index (χ4n) is 3.48. The molecule has 1 heterocycles. The van der Waals surface area contributed by atoms with Crippen molar-refractivity contribution in [2.45, 2.75) is 19.1 Å². The Morgan fingerprint density at radius 1 is 1.08 bits per heavy atom.